The molecule has 0 heterocycles. The van der Waals surface area contributed by atoms with Crippen LogP contribution in [0.1, 0.15) is 77.0 Å². The number of carboxylic acids is 2. The normalized spacial score (nSPS) is 39.9. The number of carboxylic acid groups (broad SMARTS) is 2. The molecule has 0 aliphatic heterocycles. The highest BCUT2D eigenvalue weighted by Crippen LogP contribution is 2.58. The highest BCUT2D eigenvalue weighted by Gasteiger charge is 2.52. The van der Waals surface area contributed by atoms with Crippen molar-refractivity contribution in [3.63, 3.8) is 0 Å². The SMILES string of the molecule is ClC12CC3CC(CC(C3)C1)C2.O=C(O)COCCO.O=C(O)COCCOC12CC3CC(CC(C3)C1)C2. The van der Waals surface area contributed by atoms with Crippen molar-refractivity contribution in [2.24, 2.45) is 35.5 Å². The van der Waals surface area contributed by atoms with Gasteiger partial charge in [0.15, 0.2) is 0 Å². The number of rotatable bonds is 10. The van der Waals surface area contributed by atoms with E-state index in [1.54, 1.807) is 0 Å². The minimum absolute atomic E-state index is 0.0896. The number of aliphatic carboxylic acids is 2. The van der Waals surface area contributed by atoms with Crippen LogP contribution < -0.4 is 0 Å². The van der Waals surface area contributed by atoms with Gasteiger partial charge in [-0.15, -0.1) is 11.6 Å². The molecule has 9 heteroatoms. The van der Waals surface area contributed by atoms with E-state index in [4.69, 9.17) is 36.4 Å². The van der Waals surface area contributed by atoms with Crippen molar-refractivity contribution in [3.8, 4) is 0 Å². The van der Waals surface area contributed by atoms with E-state index in [0.717, 1.165) is 35.5 Å². The van der Waals surface area contributed by atoms with Crippen molar-refractivity contribution in [2.75, 3.05) is 39.6 Å². The summed E-state index contributed by atoms with van der Waals surface area (Å²) in [5.41, 5.74) is 0.112. The summed E-state index contributed by atoms with van der Waals surface area (Å²) in [4.78, 5) is 20.3. The zero-order valence-electron chi connectivity index (χ0n) is 22.0. The summed E-state index contributed by atoms with van der Waals surface area (Å²) >= 11 is 6.53. The average molecular weight is 545 g/mol. The molecule has 0 spiro atoms. The lowest BCUT2D eigenvalue weighted by molar-refractivity contribution is -0.170. The molecule has 0 aromatic rings. The molecule has 0 radical (unpaired) electrons. The fraction of sp³-hybridized carbons (Fsp3) is 0.929. The molecule has 3 N–H and O–H groups in total. The van der Waals surface area contributed by atoms with Crippen LogP contribution in [0.4, 0.5) is 0 Å². The summed E-state index contributed by atoms with van der Waals surface area (Å²) in [6.45, 7) is 0.345. The van der Waals surface area contributed by atoms with Gasteiger partial charge in [0.1, 0.15) is 13.2 Å². The minimum atomic E-state index is -1.02. The van der Waals surface area contributed by atoms with Crippen LogP contribution in [-0.2, 0) is 23.8 Å². The van der Waals surface area contributed by atoms with Gasteiger partial charge in [0, 0.05) is 4.87 Å². The van der Waals surface area contributed by atoms with Crippen molar-refractivity contribution in [1.82, 2.24) is 0 Å². The fourth-order valence-electron chi connectivity index (χ4n) is 8.91. The summed E-state index contributed by atoms with van der Waals surface area (Å²) in [6.07, 6.45) is 16.4. The standard InChI is InChI=1S/C14H22O4.C10H15Cl.C4H8O4/c15-13(16)9-17-1-2-18-14-6-10-3-11(7-14)5-12(4-10)8-14;11-10-4-7-1-8(5-10)3-9(2-7)6-10;5-1-2-8-3-4(6)7/h10-12H,1-9H2,(H,15,16);7-9H,1-6H2;5H,1-3H2,(H,6,7). The second kappa shape index (κ2) is 12.9. The van der Waals surface area contributed by atoms with E-state index < -0.39 is 11.9 Å². The van der Waals surface area contributed by atoms with Crippen LogP contribution >= 0.6 is 11.6 Å². The zero-order valence-corrected chi connectivity index (χ0v) is 22.7. The van der Waals surface area contributed by atoms with Crippen LogP contribution in [0, 0.1) is 35.5 Å². The maximum absolute atomic E-state index is 10.3. The lowest BCUT2D eigenvalue weighted by Crippen LogP contribution is -2.52. The number of aliphatic hydroxyl groups excluding tert-OH is 1. The predicted octanol–water partition coefficient (Wildman–Crippen LogP) is 4.35. The van der Waals surface area contributed by atoms with E-state index in [1.165, 1.54) is 77.0 Å². The molecule has 0 atom stereocenters. The van der Waals surface area contributed by atoms with Crippen molar-refractivity contribution in [2.45, 2.75) is 87.5 Å². The number of halogens is 1. The van der Waals surface area contributed by atoms with Crippen LogP contribution in [0.5, 0.6) is 0 Å². The molecule has 8 aliphatic carbocycles. The monoisotopic (exact) mass is 544 g/mol. The molecule has 8 nitrogen and oxygen atoms in total. The van der Waals surface area contributed by atoms with Crippen molar-refractivity contribution < 1.29 is 39.1 Å². The number of hydrogen-bond donors (Lipinski definition) is 3. The fourth-order valence-corrected chi connectivity index (χ4v) is 9.57. The maximum Gasteiger partial charge on any atom is 0.329 e. The lowest BCUT2D eigenvalue weighted by atomic mass is 9.54. The molecule has 0 aromatic carbocycles. The molecular formula is C28H45ClO8. The van der Waals surface area contributed by atoms with Gasteiger partial charge < -0.3 is 29.5 Å². The Bertz CT molecular complexity index is 701. The summed E-state index contributed by atoms with van der Waals surface area (Å²) < 4.78 is 15.5. The first-order valence-electron chi connectivity index (χ1n) is 14.2. The number of hydrogen-bond acceptors (Lipinski definition) is 6. The second-order valence-corrected chi connectivity index (χ2v) is 13.4. The predicted molar refractivity (Wildman–Crippen MR) is 138 cm³/mol. The van der Waals surface area contributed by atoms with E-state index in [1.807, 2.05) is 0 Å². The van der Waals surface area contributed by atoms with Crippen molar-refractivity contribution >= 4 is 23.5 Å². The molecule has 0 amide bonds. The van der Waals surface area contributed by atoms with Gasteiger partial charge in [-0.1, -0.05) is 0 Å². The van der Waals surface area contributed by atoms with Gasteiger partial charge in [-0.25, -0.2) is 9.59 Å². The molecule has 8 fully saturated rings. The van der Waals surface area contributed by atoms with Crippen molar-refractivity contribution in [3.05, 3.63) is 0 Å². The van der Waals surface area contributed by atoms with Crippen molar-refractivity contribution in [1.29, 1.82) is 0 Å². The molecule has 8 bridgehead atoms. The summed E-state index contributed by atoms with van der Waals surface area (Å²) in [5.74, 6) is 3.77. The van der Waals surface area contributed by atoms with E-state index >= 15 is 0 Å². The summed E-state index contributed by atoms with van der Waals surface area (Å²) in [7, 11) is 0. The van der Waals surface area contributed by atoms with Gasteiger partial charge in [0.25, 0.3) is 0 Å². The lowest BCUT2D eigenvalue weighted by Gasteiger charge is -2.56. The van der Waals surface area contributed by atoms with Gasteiger partial charge in [0.05, 0.1) is 32.0 Å². The number of carbonyl (C=O) groups is 2. The minimum Gasteiger partial charge on any atom is -0.480 e. The Morgan fingerprint density at radius 1 is 0.649 bits per heavy atom. The van der Waals surface area contributed by atoms with E-state index in [-0.39, 0.29) is 36.9 Å². The molecule has 212 valence electrons. The molecule has 8 rings (SSSR count). The highest BCUT2D eigenvalue weighted by molar-refractivity contribution is 6.24. The Labute approximate surface area is 225 Å². The third-order valence-electron chi connectivity index (χ3n) is 9.27. The Morgan fingerprint density at radius 3 is 1.38 bits per heavy atom. The van der Waals surface area contributed by atoms with Crippen LogP contribution in [0.15, 0.2) is 0 Å². The van der Waals surface area contributed by atoms with Crippen LogP contribution in [0.2, 0.25) is 0 Å². The van der Waals surface area contributed by atoms with Gasteiger partial charge in [-0.3, -0.25) is 0 Å². The maximum atomic E-state index is 10.3. The van der Waals surface area contributed by atoms with Gasteiger partial charge in [0.2, 0.25) is 0 Å². The van der Waals surface area contributed by atoms with Crippen LogP contribution in [0.25, 0.3) is 0 Å². The molecule has 8 aliphatic rings. The van der Waals surface area contributed by atoms with Crippen LogP contribution in [0.3, 0.4) is 0 Å². The largest absolute Gasteiger partial charge is 0.480 e. The molecular weight excluding hydrogens is 500 g/mol. The van der Waals surface area contributed by atoms with Crippen LogP contribution in [-0.4, -0.2) is 77.4 Å². The zero-order chi connectivity index (χ0) is 26.5. The van der Waals surface area contributed by atoms with Gasteiger partial charge >= 0.3 is 11.9 Å². The molecule has 0 unspecified atom stereocenters. The Morgan fingerprint density at radius 2 is 1.03 bits per heavy atom. The highest BCUT2D eigenvalue weighted by atomic mass is 35.5. The summed E-state index contributed by atoms with van der Waals surface area (Å²) in [6, 6.07) is 0. The Kier molecular flexibility index (Phi) is 10.2. The molecule has 37 heavy (non-hydrogen) atoms. The van der Waals surface area contributed by atoms with Gasteiger partial charge in [-0.2, -0.15) is 0 Å². The van der Waals surface area contributed by atoms with Gasteiger partial charge in [-0.05, 0) is 113 Å². The quantitative estimate of drug-likeness (QED) is 0.274. The first-order chi connectivity index (χ1) is 17.7. The number of aliphatic hydroxyl groups is 1. The first kappa shape index (κ1) is 29.1. The van der Waals surface area contributed by atoms with E-state index in [2.05, 4.69) is 4.74 Å². The number of alkyl halides is 1. The van der Waals surface area contributed by atoms with E-state index in [9.17, 15) is 9.59 Å². The first-order valence-corrected chi connectivity index (χ1v) is 14.6. The van der Waals surface area contributed by atoms with E-state index in [0.29, 0.717) is 13.2 Å². The second-order valence-electron chi connectivity index (χ2n) is 12.6. The molecule has 0 saturated heterocycles. The third-order valence-corrected chi connectivity index (χ3v) is 9.73. The molecule has 0 aromatic heterocycles. The average Bonchev–Trinajstić information content (AvgIpc) is 2.77. The Hall–Kier alpha value is -0.930. The Balaban J connectivity index is 0.000000144. The summed E-state index contributed by atoms with van der Waals surface area (Å²) in [5, 5.41) is 24.5. The number of ether oxygens (including phenoxy) is 3. The third kappa shape index (κ3) is 8.53. The smallest absolute Gasteiger partial charge is 0.329 e. The molecule has 8 saturated carbocycles. The topological polar surface area (TPSA) is 123 Å².